The highest BCUT2D eigenvalue weighted by Crippen LogP contribution is 1.97. The Hall–Kier alpha value is -0.650. The molecule has 88 valence electrons. The van der Waals surface area contributed by atoms with Crippen molar-refractivity contribution in [2.45, 2.75) is 19.4 Å². The van der Waals surface area contributed by atoms with Gasteiger partial charge < -0.3 is 15.8 Å². The van der Waals surface area contributed by atoms with E-state index in [1.54, 1.807) is 6.92 Å². The van der Waals surface area contributed by atoms with Crippen LogP contribution in [0.2, 0.25) is 0 Å². The van der Waals surface area contributed by atoms with Gasteiger partial charge in [0.15, 0.2) is 0 Å². The summed E-state index contributed by atoms with van der Waals surface area (Å²) in [6, 6.07) is -0.409. The Bertz CT molecular complexity index is 191. The van der Waals surface area contributed by atoms with Crippen molar-refractivity contribution in [1.29, 1.82) is 0 Å². The Morgan fingerprint density at radius 3 is 2.80 bits per heavy atom. The number of hydrogen-bond donors (Lipinski definition) is 2. The molecular weight excluding hydrogens is 194 g/mol. The molecule has 1 aliphatic rings. The van der Waals surface area contributed by atoms with Crippen LogP contribution in [-0.4, -0.2) is 56.2 Å². The topological polar surface area (TPSA) is 67.6 Å². The van der Waals surface area contributed by atoms with Crippen LogP contribution >= 0.6 is 0 Å². The Labute approximate surface area is 90.9 Å². The number of nitrogens with zero attached hydrogens (tertiary/aromatic N) is 1. The molecule has 0 unspecified atom stereocenters. The first-order valence-electron chi connectivity index (χ1n) is 5.53. The molecule has 0 aromatic heterocycles. The van der Waals surface area contributed by atoms with E-state index in [9.17, 15) is 4.79 Å². The Morgan fingerprint density at radius 1 is 1.53 bits per heavy atom. The van der Waals surface area contributed by atoms with Gasteiger partial charge in [-0.25, -0.2) is 0 Å². The maximum Gasteiger partial charge on any atom is 0.236 e. The summed E-state index contributed by atoms with van der Waals surface area (Å²) in [5.41, 5.74) is 5.42. The van der Waals surface area contributed by atoms with Crippen LogP contribution in [0, 0.1) is 0 Å². The van der Waals surface area contributed by atoms with Crippen molar-refractivity contribution >= 4 is 5.91 Å². The van der Waals surface area contributed by atoms with Crippen molar-refractivity contribution in [3.8, 4) is 0 Å². The molecule has 0 aromatic rings. The highest BCUT2D eigenvalue weighted by atomic mass is 16.5. The quantitative estimate of drug-likeness (QED) is 0.588. The van der Waals surface area contributed by atoms with Crippen molar-refractivity contribution < 1.29 is 9.53 Å². The number of morpholine rings is 1. The first-order valence-corrected chi connectivity index (χ1v) is 5.53. The van der Waals surface area contributed by atoms with E-state index in [1.807, 2.05) is 0 Å². The van der Waals surface area contributed by atoms with E-state index in [0.29, 0.717) is 6.54 Å². The summed E-state index contributed by atoms with van der Waals surface area (Å²) < 4.78 is 5.25. The zero-order chi connectivity index (χ0) is 11.1. The molecule has 1 rings (SSSR count). The third kappa shape index (κ3) is 5.11. The molecule has 5 nitrogen and oxygen atoms in total. The average Bonchev–Trinajstić information content (AvgIpc) is 2.25. The first-order chi connectivity index (χ1) is 7.20. The molecule has 0 saturated carbocycles. The van der Waals surface area contributed by atoms with Gasteiger partial charge in [0, 0.05) is 19.6 Å². The highest BCUT2D eigenvalue weighted by Gasteiger charge is 2.10. The van der Waals surface area contributed by atoms with Crippen molar-refractivity contribution in [3.63, 3.8) is 0 Å². The van der Waals surface area contributed by atoms with Gasteiger partial charge in [0.05, 0.1) is 19.3 Å². The van der Waals surface area contributed by atoms with Crippen molar-refractivity contribution in [3.05, 3.63) is 0 Å². The minimum absolute atomic E-state index is 0.0722. The van der Waals surface area contributed by atoms with Gasteiger partial charge in [-0.1, -0.05) is 0 Å². The fourth-order valence-corrected chi connectivity index (χ4v) is 1.50. The number of ether oxygens (including phenoxy) is 1. The molecule has 1 aliphatic heterocycles. The second-order valence-electron chi connectivity index (χ2n) is 3.89. The molecule has 0 radical (unpaired) electrons. The third-order valence-electron chi connectivity index (χ3n) is 2.47. The van der Waals surface area contributed by atoms with Crippen LogP contribution in [0.4, 0.5) is 0 Å². The van der Waals surface area contributed by atoms with Crippen LogP contribution in [0.5, 0.6) is 0 Å². The molecule has 3 N–H and O–H groups in total. The van der Waals surface area contributed by atoms with Crippen LogP contribution in [0.15, 0.2) is 0 Å². The second-order valence-corrected chi connectivity index (χ2v) is 3.89. The first kappa shape index (κ1) is 12.4. The predicted molar refractivity (Wildman–Crippen MR) is 58.5 cm³/mol. The van der Waals surface area contributed by atoms with Gasteiger partial charge in [0.1, 0.15) is 0 Å². The molecule has 1 amide bonds. The lowest BCUT2D eigenvalue weighted by Gasteiger charge is -2.26. The molecule has 1 saturated heterocycles. The van der Waals surface area contributed by atoms with Gasteiger partial charge >= 0.3 is 0 Å². The number of carbonyl (C=O) groups excluding carboxylic acids is 1. The summed E-state index contributed by atoms with van der Waals surface area (Å²) in [6.45, 7) is 7.07. The van der Waals surface area contributed by atoms with Gasteiger partial charge in [-0.05, 0) is 19.9 Å². The Balaban J connectivity index is 1.98. The highest BCUT2D eigenvalue weighted by molar-refractivity contribution is 5.80. The molecular formula is C10H21N3O2. The summed E-state index contributed by atoms with van der Waals surface area (Å²) >= 11 is 0. The molecule has 0 bridgehead atoms. The molecule has 1 heterocycles. The normalized spacial score (nSPS) is 19.9. The minimum atomic E-state index is -0.409. The summed E-state index contributed by atoms with van der Waals surface area (Å²) in [6.07, 6.45) is 0.971. The second kappa shape index (κ2) is 6.76. The van der Waals surface area contributed by atoms with E-state index < -0.39 is 6.04 Å². The predicted octanol–water partition coefficient (Wildman–Crippen LogP) is -0.828. The molecule has 5 heteroatoms. The van der Waals surface area contributed by atoms with Crippen LogP contribution in [0.3, 0.4) is 0 Å². The molecule has 1 atom stereocenters. The Kier molecular flexibility index (Phi) is 5.60. The standard InChI is InChI=1S/C10H21N3O2/c1-9(11)10(14)12-3-2-4-13-5-7-15-8-6-13/h9H,2-8,11H2,1H3,(H,12,14)/t9-/m0/s1. The van der Waals surface area contributed by atoms with Gasteiger partial charge in [0.25, 0.3) is 0 Å². The van der Waals surface area contributed by atoms with E-state index in [4.69, 9.17) is 10.5 Å². The fourth-order valence-electron chi connectivity index (χ4n) is 1.50. The van der Waals surface area contributed by atoms with Crippen LogP contribution < -0.4 is 11.1 Å². The van der Waals surface area contributed by atoms with Crippen molar-refractivity contribution in [2.75, 3.05) is 39.4 Å². The van der Waals surface area contributed by atoms with E-state index in [-0.39, 0.29) is 5.91 Å². The lowest BCUT2D eigenvalue weighted by atomic mass is 10.3. The Morgan fingerprint density at radius 2 is 2.20 bits per heavy atom. The lowest BCUT2D eigenvalue weighted by molar-refractivity contribution is -0.122. The van der Waals surface area contributed by atoms with Gasteiger partial charge in [-0.3, -0.25) is 9.69 Å². The van der Waals surface area contributed by atoms with E-state index in [1.165, 1.54) is 0 Å². The maximum atomic E-state index is 11.1. The van der Waals surface area contributed by atoms with Gasteiger partial charge in [-0.2, -0.15) is 0 Å². The number of amides is 1. The molecule has 0 aliphatic carbocycles. The zero-order valence-electron chi connectivity index (χ0n) is 9.37. The minimum Gasteiger partial charge on any atom is -0.379 e. The van der Waals surface area contributed by atoms with Gasteiger partial charge in [0.2, 0.25) is 5.91 Å². The number of hydrogen-bond acceptors (Lipinski definition) is 4. The average molecular weight is 215 g/mol. The summed E-state index contributed by atoms with van der Waals surface area (Å²) in [5.74, 6) is -0.0722. The van der Waals surface area contributed by atoms with E-state index in [0.717, 1.165) is 39.3 Å². The van der Waals surface area contributed by atoms with Crippen LogP contribution in [-0.2, 0) is 9.53 Å². The maximum absolute atomic E-state index is 11.1. The zero-order valence-corrected chi connectivity index (χ0v) is 9.37. The van der Waals surface area contributed by atoms with Crippen molar-refractivity contribution in [1.82, 2.24) is 10.2 Å². The largest absolute Gasteiger partial charge is 0.379 e. The smallest absolute Gasteiger partial charge is 0.236 e. The number of rotatable bonds is 5. The summed E-state index contributed by atoms with van der Waals surface area (Å²) in [5, 5.41) is 2.80. The molecule has 1 fully saturated rings. The van der Waals surface area contributed by atoms with E-state index >= 15 is 0 Å². The number of carbonyl (C=O) groups is 1. The number of nitrogens with one attached hydrogen (secondary N) is 1. The van der Waals surface area contributed by atoms with Crippen molar-refractivity contribution in [2.24, 2.45) is 5.73 Å². The van der Waals surface area contributed by atoms with E-state index in [2.05, 4.69) is 10.2 Å². The SMILES string of the molecule is C[C@H](N)C(=O)NCCCN1CCOCC1. The lowest BCUT2D eigenvalue weighted by Crippen LogP contribution is -2.41. The summed E-state index contributed by atoms with van der Waals surface area (Å²) in [7, 11) is 0. The fraction of sp³-hybridized carbons (Fsp3) is 0.900. The van der Waals surface area contributed by atoms with Crippen LogP contribution in [0.1, 0.15) is 13.3 Å². The summed E-state index contributed by atoms with van der Waals surface area (Å²) in [4.78, 5) is 13.5. The molecule has 0 spiro atoms. The van der Waals surface area contributed by atoms with Gasteiger partial charge in [-0.15, -0.1) is 0 Å². The third-order valence-corrected chi connectivity index (χ3v) is 2.47. The number of nitrogens with two attached hydrogens (primary N) is 1. The molecule has 0 aromatic carbocycles. The monoisotopic (exact) mass is 215 g/mol. The molecule has 15 heavy (non-hydrogen) atoms. The van der Waals surface area contributed by atoms with Crippen LogP contribution in [0.25, 0.3) is 0 Å².